The third-order valence-corrected chi connectivity index (χ3v) is 21.3. The largest absolute Gasteiger partial charge is 0.370 e. The monoisotopic (exact) mass is 1610 g/mol. The molecule has 2 aliphatic rings. The standard InChI is InChI=1S/C83H127N19O12S/c1-5-6-7-8-9-10-11-12-13-14-15-16-23-41-70(103)88-45-30-46-90-72(105)55-94-93-54-71(104)89-43-27-38-64(82(114)102-48-29-40-69(102)80(112)100-73(56(2)3)74(85)106)96-77(109)65(50-57-31-19-17-20-32-57)97-78(110)67(52-59-53-92-62-36-25-24-35-60(59)62)98-75(107)63(37-26-44-91-83(86)87)95-76(108)66(51-58-33-21-18-22-34-58)99-79(111)68-39-28-47-101(68)81(113)61(84)42-49-115-4/h17-22,24-25,31-36,53,55-56,61,63-69,73,92-93H,5-16,23,26-30,37-52,54,84H2,1-4H3,(H2,85,106)(H,88,103)(H,89,104)(H,90,105)(H,95,108)(H,96,109)(H,97,110)(H,98,107)(H,99,111)(H,100,112)(H4,86,87,91)/b94-55+/t61-,63-,64-,65-,66+,67+,68-,69-,73-/m0/s1. The summed E-state index contributed by atoms with van der Waals surface area (Å²) in [6, 6.07) is 14.0. The summed E-state index contributed by atoms with van der Waals surface area (Å²) >= 11 is 1.54. The second-order valence-electron chi connectivity index (χ2n) is 30.2. The molecule has 0 radical (unpaired) electrons. The maximum atomic E-state index is 15.5. The second-order valence-corrected chi connectivity index (χ2v) is 31.2. The van der Waals surface area contributed by atoms with Gasteiger partial charge in [-0.25, -0.2) is 0 Å². The lowest BCUT2D eigenvalue weighted by molar-refractivity contribution is -0.142. The summed E-state index contributed by atoms with van der Waals surface area (Å²) in [7, 11) is 0. The zero-order valence-electron chi connectivity index (χ0n) is 67.7. The Morgan fingerprint density at radius 3 is 1.62 bits per heavy atom. The molecular weight excluding hydrogens is 1490 g/mol. The first-order valence-electron chi connectivity index (χ1n) is 41.2. The van der Waals surface area contributed by atoms with Gasteiger partial charge >= 0.3 is 0 Å². The van der Waals surface area contributed by atoms with Crippen LogP contribution in [-0.4, -0.2) is 210 Å². The van der Waals surface area contributed by atoms with Gasteiger partial charge in [0.05, 0.1) is 6.04 Å². The number of hydrogen-bond acceptors (Lipinski definition) is 17. The van der Waals surface area contributed by atoms with Crippen LogP contribution in [0.2, 0.25) is 0 Å². The van der Waals surface area contributed by atoms with Gasteiger partial charge in [-0.1, -0.05) is 177 Å². The topological polar surface area (TPSA) is 476 Å². The van der Waals surface area contributed by atoms with Crippen molar-refractivity contribution in [1.29, 1.82) is 0 Å². The number of likely N-dealkylation sites (tertiary alicyclic amines) is 2. The summed E-state index contributed by atoms with van der Waals surface area (Å²) in [6.07, 6.45) is 23.0. The smallest absolute Gasteiger partial charge is 0.264 e. The quantitative estimate of drug-likeness (QED) is 0.0129. The van der Waals surface area contributed by atoms with Crippen molar-refractivity contribution in [3.8, 4) is 0 Å². The van der Waals surface area contributed by atoms with E-state index in [2.05, 4.69) is 75.3 Å². The predicted octanol–water partition coefficient (Wildman–Crippen LogP) is 3.94. The molecule has 19 N–H and O–H groups in total. The molecule has 115 heavy (non-hydrogen) atoms. The zero-order chi connectivity index (χ0) is 83.3. The van der Waals surface area contributed by atoms with E-state index in [1.54, 1.807) is 92.5 Å². The molecule has 0 aliphatic carbocycles. The highest BCUT2D eigenvalue weighted by Crippen LogP contribution is 2.25. The van der Waals surface area contributed by atoms with Crippen LogP contribution >= 0.6 is 11.8 Å². The molecule has 2 saturated heterocycles. The molecule has 2 fully saturated rings. The first-order chi connectivity index (χ1) is 55.5. The molecule has 0 spiro atoms. The number of aliphatic imine (C=N–C) groups is 1. The molecule has 9 atom stereocenters. The second kappa shape index (κ2) is 52.4. The van der Waals surface area contributed by atoms with E-state index in [9.17, 15) is 38.4 Å². The van der Waals surface area contributed by atoms with Crippen molar-refractivity contribution in [3.05, 3.63) is 108 Å². The average Bonchev–Trinajstić information content (AvgIpc) is 1.70. The molecule has 1 aromatic heterocycles. The number of nitrogens with zero attached hydrogens (tertiary/aromatic N) is 4. The summed E-state index contributed by atoms with van der Waals surface area (Å²) in [4.78, 5) is 179. The Labute approximate surface area is 681 Å². The fourth-order valence-corrected chi connectivity index (χ4v) is 14.7. The van der Waals surface area contributed by atoms with Crippen LogP contribution in [0.3, 0.4) is 0 Å². The Kier molecular flexibility index (Phi) is 42.7. The van der Waals surface area contributed by atoms with Gasteiger partial charge < -0.3 is 91.0 Å². The Balaban J connectivity index is 1.16. The highest BCUT2D eigenvalue weighted by Gasteiger charge is 2.42. The SMILES string of the molecule is CCCCCCCCCCCCCCCC(=O)NCCCNC(=O)/C=N/NCC(=O)NCCC[C@H](NC(=O)[C@H](Cc1ccccc1)NC(=O)[C@@H](Cc1c[nH]c2ccccc12)NC(=O)[C@H](CCCN=C(N)N)NC(=O)[C@@H](Cc1ccccc1)NC(=O)[C@@H]1CCCN1C(=O)[C@@H](N)CCSC)C(=O)N1CCC[C@H]1C(=O)N[C@H](C(N)=O)C(C)C. The van der Waals surface area contributed by atoms with Gasteiger partial charge in [-0.2, -0.15) is 16.9 Å². The molecule has 0 unspecified atom stereocenters. The minimum Gasteiger partial charge on any atom is -0.370 e. The predicted molar refractivity (Wildman–Crippen MR) is 448 cm³/mol. The maximum absolute atomic E-state index is 15.5. The van der Waals surface area contributed by atoms with Crippen molar-refractivity contribution >= 4 is 106 Å². The number of benzene rings is 3. The first-order valence-corrected chi connectivity index (χ1v) is 42.6. The van der Waals surface area contributed by atoms with Crippen LogP contribution in [-0.2, 0) is 76.8 Å². The number of hydrogen-bond donors (Lipinski definition) is 15. The van der Waals surface area contributed by atoms with Gasteiger partial charge in [0, 0.05) is 82.1 Å². The number of amides is 12. The van der Waals surface area contributed by atoms with Crippen LogP contribution in [0, 0.1) is 5.92 Å². The number of nitrogens with one attached hydrogen (secondary N) is 11. The molecule has 6 rings (SSSR count). The summed E-state index contributed by atoms with van der Waals surface area (Å²) < 4.78 is 0. The van der Waals surface area contributed by atoms with E-state index in [4.69, 9.17) is 22.9 Å². The number of aromatic amines is 1. The fourth-order valence-electron chi connectivity index (χ4n) is 14.2. The van der Waals surface area contributed by atoms with Crippen LogP contribution in [0.15, 0.2) is 101 Å². The number of fused-ring (bicyclic) bond motifs is 1. The first kappa shape index (κ1) is 93.7. The van der Waals surface area contributed by atoms with Gasteiger partial charge in [0.1, 0.15) is 61.1 Å². The fraction of sp³-hybridized carbons (Fsp3) is 0.590. The molecule has 32 heteroatoms. The van der Waals surface area contributed by atoms with Crippen molar-refractivity contribution in [2.24, 2.45) is 38.9 Å². The highest BCUT2D eigenvalue weighted by molar-refractivity contribution is 7.98. The van der Waals surface area contributed by atoms with E-state index < -0.39 is 119 Å². The van der Waals surface area contributed by atoms with Crippen LogP contribution in [0.4, 0.5) is 0 Å². The van der Waals surface area contributed by atoms with Crippen molar-refractivity contribution in [1.82, 2.24) is 68.1 Å². The summed E-state index contributed by atoms with van der Waals surface area (Å²) in [5, 5.41) is 30.0. The van der Waals surface area contributed by atoms with E-state index >= 15 is 19.2 Å². The Hall–Kier alpha value is -10.1. The van der Waals surface area contributed by atoms with E-state index in [1.807, 2.05) is 30.5 Å². The molecule has 2 aliphatic heterocycles. The number of unbranched alkanes of at least 4 members (excludes halogenated alkanes) is 12. The van der Waals surface area contributed by atoms with Crippen molar-refractivity contribution in [2.45, 2.75) is 249 Å². The molecule has 31 nitrogen and oxygen atoms in total. The van der Waals surface area contributed by atoms with Gasteiger partial charge in [0.25, 0.3) is 5.91 Å². The van der Waals surface area contributed by atoms with Crippen LogP contribution in [0.25, 0.3) is 10.9 Å². The minimum atomic E-state index is -1.49. The molecule has 3 heterocycles. The number of carbonyl (C=O) groups excluding carboxylic acids is 12. The summed E-state index contributed by atoms with van der Waals surface area (Å²) in [5.41, 5.74) is 28.5. The average molecular weight is 1620 g/mol. The Bertz CT molecular complexity index is 3790. The van der Waals surface area contributed by atoms with Gasteiger partial charge in [-0.3, -0.25) is 62.5 Å². The van der Waals surface area contributed by atoms with E-state index in [0.717, 1.165) is 25.5 Å². The lowest BCUT2D eigenvalue weighted by Crippen LogP contribution is -2.61. The number of guanidine groups is 1. The lowest BCUT2D eigenvalue weighted by atomic mass is 10.0. The van der Waals surface area contributed by atoms with E-state index in [1.165, 1.54) is 74.0 Å². The number of primary amides is 1. The molecule has 0 bridgehead atoms. The molecular formula is C83H127N19O12S. The number of rotatable bonds is 55. The summed E-state index contributed by atoms with van der Waals surface area (Å²) in [6.45, 7) is 6.40. The minimum absolute atomic E-state index is 0.0171. The molecule has 3 aromatic carbocycles. The van der Waals surface area contributed by atoms with E-state index in [0.29, 0.717) is 85.0 Å². The van der Waals surface area contributed by atoms with E-state index in [-0.39, 0.29) is 102 Å². The molecule has 4 aromatic rings. The number of nitrogens with two attached hydrogens (primary N) is 4. The number of H-pyrrole nitrogens is 1. The highest BCUT2D eigenvalue weighted by atomic mass is 32.2. The number of aromatic nitrogens is 1. The van der Waals surface area contributed by atoms with Crippen LogP contribution in [0.1, 0.15) is 192 Å². The Morgan fingerprint density at radius 1 is 0.539 bits per heavy atom. The lowest BCUT2D eigenvalue weighted by Gasteiger charge is -2.31. The number of carbonyl (C=O) groups is 12. The molecule has 12 amide bonds. The normalized spacial score (nSPS) is 15.8. The van der Waals surface area contributed by atoms with Crippen molar-refractivity contribution in [3.63, 3.8) is 0 Å². The van der Waals surface area contributed by atoms with Crippen molar-refractivity contribution in [2.75, 3.05) is 57.8 Å². The molecule has 0 saturated carbocycles. The maximum Gasteiger partial charge on any atom is 0.264 e. The van der Waals surface area contributed by atoms with Crippen LogP contribution in [0.5, 0.6) is 0 Å². The zero-order valence-corrected chi connectivity index (χ0v) is 68.5. The third kappa shape index (κ3) is 34.1. The van der Waals surface area contributed by atoms with Gasteiger partial charge in [0.2, 0.25) is 65.0 Å². The third-order valence-electron chi connectivity index (χ3n) is 20.6. The van der Waals surface area contributed by atoms with Crippen LogP contribution < -0.4 is 76.2 Å². The van der Waals surface area contributed by atoms with Gasteiger partial charge in [-0.15, -0.1) is 0 Å². The van der Waals surface area contributed by atoms with Gasteiger partial charge in [-0.05, 0) is 111 Å². The van der Waals surface area contributed by atoms with Gasteiger partial charge in [0.15, 0.2) is 5.96 Å². The molecule has 632 valence electrons. The van der Waals surface area contributed by atoms with Crippen molar-refractivity contribution < 1.29 is 57.5 Å². The number of para-hydroxylation sites is 1. The number of hydrazone groups is 1. The Morgan fingerprint density at radius 2 is 1.03 bits per heavy atom. The summed E-state index contributed by atoms with van der Waals surface area (Å²) in [5.74, 6) is -7.32. The number of thioether (sulfide) groups is 1.